The minimum Gasteiger partial charge on any atom is -0.366 e. The molecular formula is C16H18N2O2. The van der Waals surface area contributed by atoms with Gasteiger partial charge < -0.3 is 15.4 Å². The van der Waals surface area contributed by atoms with Crippen molar-refractivity contribution in [2.45, 2.75) is 12.6 Å². The normalized spacial score (nSPS) is 18.9. The zero-order chi connectivity index (χ0) is 13.8. The Bertz CT molecular complexity index is 606. The van der Waals surface area contributed by atoms with Gasteiger partial charge in [0.15, 0.2) is 0 Å². The molecular weight excluding hydrogens is 252 g/mol. The highest BCUT2D eigenvalue weighted by Crippen LogP contribution is 2.15. The van der Waals surface area contributed by atoms with Crippen LogP contribution in [0, 0.1) is 0 Å². The molecule has 1 aliphatic heterocycles. The number of carbonyl (C=O) groups excluding carboxylic acids is 1. The predicted molar refractivity (Wildman–Crippen MR) is 78.4 cm³/mol. The molecule has 2 aromatic carbocycles. The molecule has 1 aliphatic rings. The Labute approximate surface area is 118 Å². The van der Waals surface area contributed by atoms with Crippen LogP contribution in [0.2, 0.25) is 0 Å². The third-order valence-electron chi connectivity index (χ3n) is 3.50. The zero-order valence-corrected chi connectivity index (χ0v) is 11.3. The minimum absolute atomic E-state index is 0.0506. The molecule has 0 radical (unpaired) electrons. The highest BCUT2D eigenvalue weighted by molar-refractivity contribution is 5.83. The van der Waals surface area contributed by atoms with E-state index in [2.05, 4.69) is 34.9 Å². The van der Waals surface area contributed by atoms with E-state index in [1.807, 2.05) is 18.2 Å². The topological polar surface area (TPSA) is 50.4 Å². The predicted octanol–water partition coefficient (Wildman–Crippen LogP) is 1.44. The van der Waals surface area contributed by atoms with Crippen molar-refractivity contribution in [1.82, 2.24) is 10.6 Å². The molecule has 0 saturated carbocycles. The molecule has 0 spiro atoms. The van der Waals surface area contributed by atoms with Gasteiger partial charge in [0.1, 0.15) is 6.10 Å². The second-order valence-corrected chi connectivity index (χ2v) is 4.96. The highest BCUT2D eigenvalue weighted by atomic mass is 16.5. The molecule has 1 unspecified atom stereocenters. The molecule has 1 saturated heterocycles. The van der Waals surface area contributed by atoms with Crippen LogP contribution in [0.4, 0.5) is 0 Å². The van der Waals surface area contributed by atoms with Gasteiger partial charge in [-0.05, 0) is 22.4 Å². The maximum Gasteiger partial charge on any atom is 0.250 e. The van der Waals surface area contributed by atoms with E-state index in [0.29, 0.717) is 19.7 Å². The average molecular weight is 270 g/mol. The van der Waals surface area contributed by atoms with E-state index in [1.165, 1.54) is 10.8 Å². The number of rotatable bonds is 3. The molecule has 0 bridgehead atoms. The average Bonchev–Trinajstić information content (AvgIpc) is 2.53. The molecule has 2 aromatic rings. The molecule has 4 nitrogen and oxygen atoms in total. The van der Waals surface area contributed by atoms with Gasteiger partial charge in [0, 0.05) is 19.6 Å². The summed E-state index contributed by atoms with van der Waals surface area (Å²) in [5.74, 6) is -0.0506. The lowest BCUT2D eigenvalue weighted by molar-refractivity contribution is -0.134. The van der Waals surface area contributed by atoms with Crippen molar-refractivity contribution in [2.75, 3.05) is 19.7 Å². The minimum atomic E-state index is -0.371. The van der Waals surface area contributed by atoms with Crippen molar-refractivity contribution in [3.63, 3.8) is 0 Å². The SMILES string of the molecule is O=C(NCc1ccc2ccccc2c1)C1CNCCO1. The Kier molecular flexibility index (Phi) is 3.95. The smallest absolute Gasteiger partial charge is 0.250 e. The number of ether oxygens (including phenoxy) is 1. The van der Waals surface area contributed by atoms with Gasteiger partial charge in [-0.3, -0.25) is 4.79 Å². The molecule has 2 N–H and O–H groups in total. The summed E-state index contributed by atoms with van der Waals surface area (Å²) in [6.45, 7) is 2.52. The Hall–Kier alpha value is -1.91. The van der Waals surface area contributed by atoms with E-state index in [9.17, 15) is 4.79 Å². The second-order valence-electron chi connectivity index (χ2n) is 4.96. The van der Waals surface area contributed by atoms with Gasteiger partial charge in [-0.25, -0.2) is 0 Å². The zero-order valence-electron chi connectivity index (χ0n) is 11.3. The first-order chi connectivity index (χ1) is 9.83. The molecule has 1 fully saturated rings. The van der Waals surface area contributed by atoms with E-state index in [4.69, 9.17) is 4.74 Å². The fourth-order valence-corrected chi connectivity index (χ4v) is 2.39. The van der Waals surface area contributed by atoms with Crippen molar-refractivity contribution < 1.29 is 9.53 Å². The summed E-state index contributed by atoms with van der Waals surface area (Å²) >= 11 is 0. The third kappa shape index (κ3) is 2.98. The Balaban J connectivity index is 1.62. The summed E-state index contributed by atoms with van der Waals surface area (Å²) in [6, 6.07) is 14.4. The molecule has 4 heteroatoms. The molecule has 20 heavy (non-hydrogen) atoms. The quantitative estimate of drug-likeness (QED) is 0.887. The molecule has 0 aliphatic carbocycles. The van der Waals surface area contributed by atoms with E-state index in [1.54, 1.807) is 0 Å². The van der Waals surface area contributed by atoms with Crippen molar-refractivity contribution in [3.05, 3.63) is 48.0 Å². The van der Waals surface area contributed by atoms with Gasteiger partial charge in [-0.2, -0.15) is 0 Å². The van der Waals surface area contributed by atoms with Crippen LogP contribution >= 0.6 is 0 Å². The lowest BCUT2D eigenvalue weighted by atomic mass is 10.1. The number of hydrogen-bond acceptors (Lipinski definition) is 3. The van der Waals surface area contributed by atoms with Gasteiger partial charge in [-0.1, -0.05) is 36.4 Å². The van der Waals surface area contributed by atoms with Crippen LogP contribution in [0.15, 0.2) is 42.5 Å². The number of carbonyl (C=O) groups is 1. The molecule has 1 amide bonds. The molecule has 1 atom stereocenters. The number of nitrogens with one attached hydrogen (secondary N) is 2. The van der Waals surface area contributed by atoms with Crippen LogP contribution in [0.3, 0.4) is 0 Å². The number of morpholine rings is 1. The summed E-state index contributed by atoms with van der Waals surface area (Å²) in [6.07, 6.45) is -0.371. The van der Waals surface area contributed by atoms with Gasteiger partial charge >= 0.3 is 0 Å². The fourth-order valence-electron chi connectivity index (χ4n) is 2.39. The second kappa shape index (κ2) is 6.03. The van der Waals surface area contributed by atoms with E-state index in [0.717, 1.165) is 12.1 Å². The third-order valence-corrected chi connectivity index (χ3v) is 3.50. The first kappa shape index (κ1) is 13.1. The van der Waals surface area contributed by atoms with Crippen LogP contribution in [0.1, 0.15) is 5.56 Å². The van der Waals surface area contributed by atoms with Crippen molar-refractivity contribution in [3.8, 4) is 0 Å². The summed E-state index contributed by atoms with van der Waals surface area (Å²) in [4.78, 5) is 12.0. The Morgan fingerprint density at radius 3 is 2.90 bits per heavy atom. The Morgan fingerprint density at radius 2 is 2.10 bits per heavy atom. The standard InChI is InChI=1S/C16H18N2O2/c19-16(15-11-17-7-8-20-15)18-10-12-5-6-13-3-1-2-4-14(13)9-12/h1-6,9,15,17H,7-8,10-11H2,(H,18,19). The summed E-state index contributed by atoms with van der Waals surface area (Å²) < 4.78 is 5.42. The molecule has 0 aromatic heterocycles. The summed E-state index contributed by atoms with van der Waals surface area (Å²) in [5, 5.41) is 8.48. The lowest BCUT2D eigenvalue weighted by Crippen LogP contribution is -2.47. The molecule has 3 rings (SSSR count). The van der Waals surface area contributed by atoms with Gasteiger partial charge in [0.2, 0.25) is 0 Å². The van der Waals surface area contributed by atoms with Crippen LogP contribution in [0.25, 0.3) is 10.8 Å². The van der Waals surface area contributed by atoms with Crippen LogP contribution in [0.5, 0.6) is 0 Å². The van der Waals surface area contributed by atoms with E-state index >= 15 is 0 Å². The number of hydrogen-bond donors (Lipinski definition) is 2. The fraction of sp³-hybridized carbons (Fsp3) is 0.312. The number of fused-ring (bicyclic) bond motifs is 1. The maximum atomic E-state index is 12.0. The van der Waals surface area contributed by atoms with E-state index < -0.39 is 0 Å². The summed E-state index contributed by atoms with van der Waals surface area (Å²) in [5.41, 5.74) is 1.10. The van der Waals surface area contributed by atoms with Gasteiger partial charge in [0.05, 0.1) is 6.61 Å². The first-order valence-corrected chi connectivity index (χ1v) is 6.91. The van der Waals surface area contributed by atoms with Crippen molar-refractivity contribution in [1.29, 1.82) is 0 Å². The van der Waals surface area contributed by atoms with Crippen molar-refractivity contribution in [2.24, 2.45) is 0 Å². The molecule has 104 valence electrons. The van der Waals surface area contributed by atoms with Crippen LogP contribution in [-0.2, 0) is 16.1 Å². The largest absolute Gasteiger partial charge is 0.366 e. The Morgan fingerprint density at radius 1 is 1.25 bits per heavy atom. The highest BCUT2D eigenvalue weighted by Gasteiger charge is 2.21. The summed E-state index contributed by atoms with van der Waals surface area (Å²) in [7, 11) is 0. The number of amides is 1. The van der Waals surface area contributed by atoms with Crippen molar-refractivity contribution >= 4 is 16.7 Å². The van der Waals surface area contributed by atoms with Crippen LogP contribution < -0.4 is 10.6 Å². The molecule has 1 heterocycles. The lowest BCUT2D eigenvalue weighted by Gasteiger charge is -2.22. The van der Waals surface area contributed by atoms with E-state index in [-0.39, 0.29) is 12.0 Å². The maximum absolute atomic E-state index is 12.0. The number of benzene rings is 2. The monoisotopic (exact) mass is 270 g/mol. The van der Waals surface area contributed by atoms with Gasteiger partial charge in [0.25, 0.3) is 5.91 Å². The van der Waals surface area contributed by atoms with Crippen LogP contribution in [-0.4, -0.2) is 31.7 Å². The van der Waals surface area contributed by atoms with Gasteiger partial charge in [-0.15, -0.1) is 0 Å². The first-order valence-electron chi connectivity index (χ1n) is 6.91.